The number of nitrogens with zero attached hydrogens (tertiary/aromatic N) is 1. The Morgan fingerprint density at radius 1 is 0.833 bits per heavy atom. The monoisotopic (exact) mass is 643 g/mol. The van der Waals surface area contributed by atoms with Crippen LogP contribution in [0.25, 0.3) is 30.3 Å². The van der Waals surface area contributed by atoms with Crippen LogP contribution in [0.15, 0.2) is 59.8 Å². The van der Waals surface area contributed by atoms with E-state index in [2.05, 4.69) is 9.89 Å². The molecule has 42 heavy (non-hydrogen) atoms. The molecule has 0 aliphatic heterocycles. The van der Waals surface area contributed by atoms with Gasteiger partial charge in [0.05, 0.1) is 5.56 Å². The van der Waals surface area contributed by atoms with Gasteiger partial charge in [-0.15, -0.1) is 22.7 Å². The van der Waals surface area contributed by atoms with Gasteiger partial charge in [-0.1, -0.05) is 42.2 Å². The van der Waals surface area contributed by atoms with Crippen molar-refractivity contribution in [2.45, 2.75) is 25.9 Å². The van der Waals surface area contributed by atoms with Gasteiger partial charge < -0.3 is 9.94 Å². The molecule has 0 amide bonds. The zero-order valence-corrected chi connectivity index (χ0v) is 23.6. The molecule has 0 unspecified atom stereocenters. The van der Waals surface area contributed by atoms with Crippen LogP contribution in [0.1, 0.15) is 30.0 Å². The molecular formula is C29H17ClF7NO2S2. The number of ether oxygens (including phenoxy) is 1. The van der Waals surface area contributed by atoms with Gasteiger partial charge in [-0.25, -0.2) is 22.0 Å². The van der Waals surface area contributed by atoms with Gasteiger partial charge in [0.2, 0.25) is 0 Å². The first-order valence-electron chi connectivity index (χ1n) is 12.2. The van der Waals surface area contributed by atoms with Crippen molar-refractivity contribution in [1.29, 1.82) is 0 Å². The van der Waals surface area contributed by atoms with E-state index in [0.717, 1.165) is 29.7 Å². The van der Waals surface area contributed by atoms with Crippen LogP contribution in [0, 0.1) is 29.1 Å². The number of benzene rings is 3. The second-order valence-electron chi connectivity index (χ2n) is 9.10. The highest BCUT2D eigenvalue weighted by molar-refractivity contribution is 7.31. The van der Waals surface area contributed by atoms with E-state index >= 15 is 0 Å². The lowest BCUT2D eigenvalue weighted by Crippen LogP contribution is -2.25. The molecule has 5 rings (SSSR count). The first-order chi connectivity index (χ1) is 19.9. The maximum atomic E-state index is 14.9. The summed E-state index contributed by atoms with van der Waals surface area (Å²) in [5.41, 5.74) is -1.51. The smallest absolute Gasteiger partial charge is 0.429 e. The van der Waals surface area contributed by atoms with E-state index in [0.29, 0.717) is 49.0 Å². The second-order valence-corrected chi connectivity index (χ2v) is 11.6. The predicted octanol–water partition coefficient (Wildman–Crippen LogP) is 10.4. The van der Waals surface area contributed by atoms with Gasteiger partial charge in [-0.2, -0.15) is 8.78 Å². The lowest BCUT2D eigenvalue weighted by Gasteiger charge is -2.20. The Labute approximate surface area is 247 Å². The number of alkyl halides is 2. The zero-order valence-electron chi connectivity index (χ0n) is 21.3. The van der Waals surface area contributed by atoms with Gasteiger partial charge in [0.1, 0.15) is 40.4 Å². The Kier molecular flexibility index (Phi) is 8.23. The summed E-state index contributed by atoms with van der Waals surface area (Å²) < 4.78 is 108. The number of fused-ring (bicyclic) bond motifs is 1. The molecule has 218 valence electrons. The molecule has 2 heterocycles. The summed E-state index contributed by atoms with van der Waals surface area (Å²) in [4.78, 5) is 1.04. The summed E-state index contributed by atoms with van der Waals surface area (Å²) in [6.45, 7) is 2.00. The van der Waals surface area contributed by atoms with Crippen molar-refractivity contribution in [3.63, 3.8) is 0 Å². The summed E-state index contributed by atoms with van der Waals surface area (Å²) >= 11 is 7.80. The standard InChI is InChI=1S/C29H17ClF7NO2S2/c1-2-3-13-4-5-16(17(31)6-13)23-12-25-24(42-23)11-22(41-25)14-7-20(34)27(21(35)8-14)29(36,37)40-15-9-18(32)26(19(33)10-15)28(30)38-39/h4-12,39H,2-3H2,1H3/b38-28-. The maximum absolute atomic E-state index is 14.9. The van der Waals surface area contributed by atoms with Crippen LogP contribution in [0.5, 0.6) is 5.75 Å². The van der Waals surface area contributed by atoms with E-state index in [-0.39, 0.29) is 11.4 Å². The van der Waals surface area contributed by atoms with E-state index < -0.39 is 51.4 Å². The lowest BCUT2D eigenvalue weighted by molar-refractivity contribution is -0.189. The molecule has 0 spiro atoms. The van der Waals surface area contributed by atoms with Gasteiger partial charge >= 0.3 is 6.11 Å². The van der Waals surface area contributed by atoms with Crippen molar-refractivity contribution in [2.75, 3.05) is 0 Å². The van der Waals surface area contributed by atoms with Crippen molar-refractivity contribution in [3.05, 3.63) is 100 Å². The largest absolute Gasteiger partial charge is 0.432 e. The van der Waals surface area contributed by atoms with E-state index in [9.17, 15) is 30.7 Å². The number of thiophene rings is 2. The molecule has 0 saturated heterocycles. The molecule has 0 bridgehead atoms. The van der Waals surface area contributed by atoms with Crippen molar-refractivity contribution in [3.8, 4) is 26.6 Å². The first-order valence-corrected chi connectivity index (χ1v) is 14.2. The van der Waals surface area contributed by atoms with Crippen LogP contribution in [-0.2, 0) is 12.5 Å². The number of halogens is 8. The van der Waals surface area contributed by atoms with Gasteiger partial charge in [0.25, 0.3) is 0 Å². The third-order valence-electron chi connectivity index (χ3n) is 6.22. The summed E-state index contributed by atoms with van der Waals surface area (Å²) in [5, 5.41) is 10.0. The fourth-order valence-corrected chi connectivity index (χ4v) is 6.95. The Balaban J connectivity index is 1.42. The molecule has 0 aliphatic carbocycles. The molecule has 3 aromatic carbocycles. The van der Waals surface area contributed by atoms with Crippen molar-refractivity contribution in [2.24, 2.45) is 5.16 Å². The zero-order chi connectivity index (χ0) is 30.3. The van der Waals surface area contributed by atoms with Crippen LogP contribution < -0.4 is 4.74 Å². The maximum Gasteiger partial charge on any atom is 0.432 e. The quantitative estimate of drug-likeness (QED) is 0.0791. The summed E-state index contributed by atoms with van der Waals surface area (Å²) in [6.07, 6.45) is -3.04. The molecule has 1 N–H and O–H groups in total. The minimum atomic E-state index is -4.68. The average molecular weight is 644 g/mol. The van der Waals surface area contributed by atoms with E-state index in [1.165, 1.54) is 17.4 Å². The number of hydrogen-bond donors (Lipinski definition) is 1. The molecule has 0 aliphatic rings. The van der Waals surface area contributed by atoms with Crippen molar-refractivity contribution >= 4 is 48.8 Å². The lowest BCUT2D eigenvalue weighted by atomic mass is 10.1. The highest BCUT2D eigenvalue weighted by Gasteiger charge is 2.41. The normalized spacial score (nSPS) is 12.4. The van der Waals surface area contributed by atoms with Gasteiger partial charge in [0.15, 0.2) is 5.17 Å². The Hall–Kier alpha value is -3.61. The van der Waals surface area contributed by atoms with Gasteiger partial charge in [-0.05, 0) is 47.9 Å². The number of rotatable bonds is 8. The topological polar surface area (TPSA) is 41.8 Å². The van der Waals surface area contributed by atoms with Gasteiger partial charge in [0, 0.05) is 36.9 Å². The van der Waals surface area contributed by atoms with Crippen molar-refractivity contribution < 1.29 is 40.7 Å². The van der Waals surface area contributed by atoms with Crippen LogP contribution in [0.2, 0.25) is 0 Å². The molecule has 0 saturated carbocycles. The minimum Gasteiger partial charge on any atom is -0.429 e. The Bertz CT molecular complexity index is 1770. The Morgan fingerprint density at radius 2 is 1.43 bits per heavy atom. The summed E-state index contributed by atoms with van der Waals surface area (Å²) in [6, 6.07) is 10.4. The fourth-order valence-electron chi connectivity index (χ4n) is 4.36. The third kappa shape index (κ3) is 5.70. The highest BCUT2D eigenvalue weighted by atomic mass is 35.5. The van der Waals surface area contributed by atoms with Gasteiger partial charge in [-0.3, -0.25) is 0 Å². The fraction of sp³-hybridized carbons (Fsp3) is 0.138. The SMILES string of the molecule is CCCc1ccc(-c2cc3sc(-c4cc(F)c(C(F)(F)Oc5cc(F)c(/C(Cl)=N/O)c(F)c5)c(F)c4)cc3s2)c(F)c1. The van der Waals surface area contributed by atoms with Crippen LogP contribution in [0.4, 0.5) is 30.7 Å². The Morgan fingerprint density at radius 3 is 2.00 bits per heavy atom. The first kappa shape index (κ1) is 29.9. The van der Waals surface area contributed by atoms with Crippen LogP contribution in [-0.4, -0.2) is 10.4 Å². The molecular weight excluding hydrogens is 627 g/mol. The predicted molar refractivity (Wildman–Crippen MR) is 149 cm³/mol. The molecule has 13 heteroatoms. The molecule has 0 fully saturated rings. The summed E-state index contributed by atoms with van der Waals surface area (Å²) in [7, 11) is 0. The number of hydrogen-bond acceptors (Lipinski definition) is 5. The molecule has 3 nitrogen and oxygen atoms in total. The number of aryl methyl sites for hydroxylation is 1. The minimum absolute atomic E-state index is 0.0334. The van der Waals surface area contributed by atoms with E-state index in [1.807, 2.05) is 13.0 Å². The van der Waals surface area contributed by atoms with E-state index in [1.54, 1.807) is 18.2 Å². The average Bonchev–Trinajstić information content (AvgIpc) is 3.47. The molecule has 2 aromatic heterocycles. The van der Waals surface area contributed by atoms with Crippen molar-refractivity contribution in [1.82, 2.24) is 0 Å². The third-order valence-corrected chi connectivity index (χ3v) is 8.86. The second kappa shape index (κ2) is 11.6. The highest BCUT2D eigenvalue weighted by Crippen LogP contribution is 2.44. The number of oxime groups is 1. The van der Waals surface area contributed by atoms with Crippen LogP contribution >= 0.6 is 34.3 Å². The molecule has 0 radical (unpaired) electrons. The summed E-state index contributed by atoms with van der Waals surface area (Å²) in [5.74, 6) is -7.81. The molecule has 5 aromatic rings. The molecule has 0 atom stereocenters. The van der Waals surface area contributed by atoms with Crippen LogP contribution in [0.3, 0.4) is 0 Å². The van der Waals surface area contributed by atoms with E-state index in [4.69, 9.17) is 16.8 Å².